The van der Waals surface area contributed by atoms with Crippen LogP contribution in [0.4, 0.5) is 15.8 Å². The molecule has 3 unspecified atom stereocenters. The van der Waals surface area contributed by atoms with E-state index in [-0.39, 0.29) is 10.6 Å². The molecule has 3 amide bonds. The van der Waals surface area contributed by atoms with Crippen LogP contribution in [0.1, 0.15) is 16.4 Å². The van der Waals surface area contributed by atoms with Crippen molar-refractivity contribution in [2.75, 3.05) is 16.8 Å². The van der Waals surface area contributed by atoms with Crippen LogP contribution in [0.15, 0.2) is 81.0 Å². The SMILES string of the molecule is O=C(COc1ccc(Cl)cc1C1c2sc(=O)[nH]c2SC2C(=O)N(c3ccc(Br)cc3)C(=O)C21)Nc1ccc(F)cc1. The third kappa shape index (κ3) is 5.32. The third-order valence-electron chi connectivity index (χ3n) is 6.70. The van der Waals surface area contributed by atoms with Crippen LogP contribution >= 0.6 is 50.6 Å². The second kappa shape index (κ2) is 11.1. The van der Waals surface area contributed by atoms with Crippen molar-refractivity contribution in [3.63, 3.8) is 0 Å². The lowest BCUT2D eigenvalue weighted by molar-refractivity contribution is -0.122. The summed E-state index contributed by atoms with van der Waals surface area (Å²) >= 11 is 11.9. The van der Waals surface area contributed by atoms with Crippen molar-refractivity contribution in [2.24, 2.45) is 5.92 Å². The highest BCUT2D eigenvalue weighted by atomic mass is 79.9. The minimum absolute atomic E-state index is 0.272. The van der Waals surface area contributed by atoms with Crippen molar-refractivity contribution < 1.29 is 23.5 Å². The highest BCUT2D eigenvalue weighted by Gasteiger charge is 2.56. The van der Waals surface area contributed by atoms with E-state index in [0.29, 0.717) is 31.9 Å². The zero-order chi connectivity index (χ0) is 28.8. The lowest BCUT2D eigenvalue weighted by atomic mass is 9.82. The van der Waals surface area contributed by atoms with Gasteiger partial charge in [0.15, 0.2) is 6.61 Å². The maximum absolute atomic E-state index is 14.0. The van der Waals surface area contributed by atoms with Crippen LogP contribution < -0.4 is 19.8 Å². The fraction of sp³-hybridized carbons (Fsp3) is 0.143. The first kappa shape index (κ1) is 27.7. The van der Waals surface area contributed by atoms with Crippen molar-refractivity contribution in [3.8, 4) is 5.75 Å². The Morgan fingerprint density at radius 3 is 2.51 bits per heavy atom. The molecule has 0 spiro atoms. The first-order chi connectivity index (χ1) is 19.7. The minimum atomic E-state index is -0.857. The summed E-state index contributed by atoms with van der Waals surface area (Å²) in [4.78, 5) is 56.9. The Bertz CT molecular complexity index is 1740. The number of fused-ring (bicyclic) bond motifs is 2. The maximum Gasteiger partial charge on any atom is 0.305 e. The largest absolute Gasteiger partial charge is 0.483 e. The number of benzene rings is 3. The molecule has 4 aromatic rings. The Balaban J connectivity index is 1.36. The number of imide groups is 1. The number of halogens is 3. The van der Waals surface area contributed by atoms with E-state index in [9.17, 15) is 23.6 Å². The number of H-pyrrole nitrogens is 1. The number of nitrogens with one attached hydrogen (secondary N) is 2. The number of rotatable bonds is 6. The topological polar surface area (TPSA) is 109 Å². The highest BCUT2D eigenvalue weighted by Crippen LogP contribution is 2.54. The van der Waals surface area contributed by atoms with Gasteiger partial charge in [-0.05, 0) is 66.7 Å². The highest BCUT2D eigenvalue weighted by molar-refractivity contribution is 9.10. The van der Waals surface area contributed by atoms with E-state index in [0.717, 1.165) is 27.6 Å². The molecule has 8 nitrogen and oxygen atoms in total. The number of hydrogen-bond donors (Lipinski definition) is 2. The molecule has 13 heteroatoms. The van der Waals surface area contributed by atoms with Gasteiger partial charge in [-0.3, -0.25) is 19.2 Å². The van der Waals surface area contributed by atoms with Gasteiger partial charge in [0.05, 0.1) is 16.6 Å². The van der Waals surface area contributed by atoms with E-state index < -0.39 is 47.2 Å². The van der Waals surface area contributed by atoms with Crippen LogP contribution in [-0.4, -0.2) is 34.6 Å². The molecule has 1 saturated heterocycles. The number of aromatic amines is 1. The van der Waals surface area contributed by atoms with Crippen LogP contribution in [-0.2, 0) is 14.4 Å². The number of hydrogen-bond acceptors (Lipinski definition) is 7. The molecular weight excluding hydrogens is 657 g/mol. The second-order valence-corrected chi connectivity index (χ2v) is 12.8. The average molecular weight is 675 g/mol. The summed E-state index contributed by atoms with van der Waals surface area (Å²) in [5.41, 5.74) is 1.31. The number of amides is 3. The molecule has 2 aliphatic heterocycles. The molecule has 0 bridgehead atoms. The van der Waals surface area contributed by atoms with Crippen molar-refractivity contribution in [3.05, 3.63) is 102 Å². The molecule has 2 aliphatic rings. The number of carbonyl (C=O) groups is 3. The number of ether oxygens (including phenoxy) is 1. The molecule has 41 heavy (non-hydrogen) atoms. The number of thioether (sulfide) groups is 1. The lowest BCUT2D eigenvalue weighted by Gasteiger charge is -2.31. The van der Waals surface area contributed by atoms with E-state index in [1.807, 2.05) is 0 Å². The van der Waals surface area contributed by atoms with Crippen molar-refractivity contribution >= 4 is 79.7 Å². The summed E-state index contributed by atoms with van der Waals surface area (Å²) in [5, 5.41) is 2.69. The van der Waals surface area contributed by atoms with Crippen LogP contribution in [0.5, 0.6) is 5.75 Å². The Hall–Kier alpha value is -3.45. The molecule has 3 atom stereocenters. The smallest absolute Gasteiger partial charge is 0.305 e. The van der Waals surface area contributed by atoms with Crippen LogP contribution in [0.2, 0.25) is 5.02 Å². The van der Waals surface area contributed by atoms with Crippen molar-refractivity contribution in [2.45, 2.75) is 16.2 Å². The quantitative estimate of drug-likeness (QED) is 0.250. The van der Waals surface area contributed by atoms with Crippen LogP contribution in [0.25, 0.3) is 0 Å². The van der Waals surface area contributed by atoms with Gasteiger partial charge >= 0.3 is 4.87 Å². The fourth-order valence-electron chi connectivity index (χ4n) is 4.96. The zero-order valence-electron chi connectivity index (χ0n) is 20.7. The van der Waals surface area contributed by atoms with Crippen molar-refractivity contribution in [1.82, 2.24) is 4.98 Å². The average Bonchev–Trinajstić information content (AvgIpc) is 3.44. The normalized spacial score (nSPS) is 19.6. The Morgan fingerprint density at radius 1 is 1.05 bits per heavy atom. The molecule has 208 valence electrons. The Morgan fingerprint density at radius 2 is 1.78 bits per heavy atom. The summed E-state index contributed by atoms with van der Waals surface area (Å²) in [6.07, 6.45) is 0. The second-order valence-electron chi connectivity index (χ2n) is 9.26. The van der Waals surface area contributed by atoms with E-state index in [1.54, 1.807) is 42.5 Å². The van der Waals surface area contributed by atoms with Gasteiger partial charge < -0.3 is 15.0 Å². The first-order valence-corrected chi connectivity index (χ1v) is 15.1. The van der Waals surface area contributed by atoms with Gasteiger partial charge in [-0.15, -0.1) is 0 Å². The Kier molecular flexibility index (Phi) is 7.49. The van der Waals surface area contributed by atoms with E-state index >= 15 is 0 Å². The number of aromatic nitrogens is 1. The fourth-order valence-corrected chi connectivity index (χ4v) is 7.92. The minimum Gasteiger partial charge on any atom is -0.483 e. The summed E-state index contributed by atoms with van der Waals surface area (Å²) in [6, 6.07) is 17.0. The number of anilines is 2. The summed E-state index contributed by atoms with van der Waals surface area (Å²) < 4.78 is 19.9. The number of carbonyl (C=O) groups excluding carboxylic acids is 3. The monoisotopic (exact) mass is 673 g/mol. The van der Waals surface area contributed by atoms with E-state index in [2.05, 4.69) is 26.2 Å². The summed E-state index contributed by atoms with van der Waals surface area (Å²) in [7, 11) is 0. The molecule has 2 N–H and O–H groups in total. The lowest BCUT2D eigenvalue weighted by Crippen LogP contribution is -2.32. The van der Waals surface area contributed by atoms with Gasteiger partial charge in [0.25, 0.3) is 5.91 Å². The molecule has 1 aromatic heterocycles. The molecule has 1 fully saturated rings. The summed E-state index contributed by atoms with van der Waals surface area (Å²) in [6.45, 7) is -0.393. The van der Waals surface area contributed by atoms with Crippen LogP contribution in [0.3, 0.4) is 0 Å². The van der Waals surface area contributed by atoms with Crippen molar-refractivity contribution in [1.29, 1.82) is 0 Å². The van der Waals surface area contributed by atoms with Gasteiger partial charge in [-0.1, -0.05) is 50.6 Å². The molecular formula is C28H18BrClFN3O5S2. The van der Waals surface area contributed by atoms with E-state index in [1.165, 1.54) is 29.2 Å². The zero-order valence-corrected chi connectivity index (χ0v) is 24.7. The molecule has 6 rings (SSSR count). The van der Waals surface area contributed by atoms with E-state index in [4.69, 9.17) is 16.3 Å². The predicted octanol–water partition coefficient (Wildman–Crippen LogP) is 5.80. The summed E-state index contributed by atoms with van der Waals surface area (Å²) in [5.74, 6) is -3.05. The van der Waals surface area contributed by atoms with Gasteiger partial charge in [-0.2, -0.15) is 0 Å². The molecule has 0 saturated carbocycles. The molecule has 0 radical (unpaired) electrons. The number of thiazole rings is 1. The van der Waals surface area contributed by atoms with Crippen LogP contribution in [0, 0.1) is 11.7 Å². The maximum atomic E-state index is 14.0. The van der Waals surface area contributed by atoms with Gasteiger partial charge in [0, 0.05) is 31.5 Å². The standard InChI is InChI=1S/C28H18BrClFN3O5S2/c29-13-1-8-17(9-2-13)34-26(36)22-21(23-25(33-28(38)41-23)40-24(22)27(34)37)18-11-14(30)3-10-19(18)39-12-20(35)32-16-6-4-15(31)5-7-16/h1-11,21-22,24H,12H2,(H,32,35)(H,33,38). The molecule has 3 aromatic carbocycles. The molecule has 0 aliphatic carbocycles. The van der Waals surface area contributed by atoms with Gasteiger partial charge in [-0.25, -0.2) is 9.29 Å². The predicted molar refractivity (Wildman–Crippen MR) is 159 cm³/mol. The molecule has 3 heterocycles. The van der Waals surface area contributed by atoms with Gasteiger partial charge in [0.1, 0.15) is 16.8 Å². The first-order valence-electron chi connectivity index (χ1n) is 12.2. The third-order valence-corrected chi connectivity index (χ3v) is 9.87. The number of nitrogens with zero attached hydrogens (tertiary/aromatic N) is 1. The Labute approximate surface area is 254 Å². The van der Waals surface area contributed by atoms with Gasteiger partial charge in [0.2, 0.25) is 11.8 Å².